The number of anilines is 1. The lowest BCUT2D eigenvalue weighted by atomic mass is 9.96. The molecule has 2 aromatic rings. The van der Waals surface area contributed by atoms with E-state index in [1.165, 1.54) is 6.20 Å². The van der Waals surface area contributed by atoms with Crippen LogP contribution in [0.2, 0.25) is 10.0 Å². The Balaban J connectivity index is 1.36. The van der Waals surface area contributed by atoms with Crippen molar-refractivity contribution in [2.24, 2.45) is 11.8 Å². The number of halogens is 2. The molecule has 1 aromatic heterocycles. The number of carbonyl (C=O) groups excluding carboxylic acids is 2. The predicted octanol–water partition coefficient (Wildman–Crippen LogP) is 4.37. The Bertz CT molecular complexity index is 887. The molecule has 1 N–H and O–H groups in total. The second-order valence-corrected chi connectivity index (χ2v) is 8.29. The molecular formula is C21H21Cl2N3O2. The molecule has 28 heavy (non-hydrogen) atoms. The molecule has 2 fully saturated rings. The molecule has 1 aromatic carbocycles. The zero-order valence-corrected chi connectivity index (χ0v) is 16.8. The highest BCUT2D eigenvalue weighted by Crippen LogP contribution is 2.50. The van der Waals surface area contributed by atoms with Gasteiger partial charge in [-0.1, -0.05) is 41.4 Å². The van der Waals surface area contributed by atoms with Gasteiger partial charge in [0.2, 0.25) is 11.8 Å². The minimum atomic E-state index is -0.229. The average molecular weight is 418 g/mol. The minimum absolute atomic E-state index is 0.0281. The summed E-state index contributed by atoms with van der Waals surface area (Å²) in [5.41, 5.74) is 1.04. The van der Waals surface area contributed by atoms with Gasteiger partial charge in [-0.15, -0.1) is 0 Å². The van der Waals surface area contributed by atoms with Gasteiger partial charge in [0.05, 0.1) is 10.9 Å². The third-order valence-corrected chi connectivity index (χ3v) is 6.06. The molecule has 1 aliphatic carbocycles. The molecule has 3 atom stereocenters. The fourth-order valence-electron chi connectivity index (χ4n) is 3.89. The Labute approximate surface area is 174 Å². The number of nitrogens with one attached hydrogen (secondary N) is 1. The third kappa shape index (κ3) is 4.15. The van der Waals surface area contributed by atoms with Crippen molar-refractivity contribution >= 4 is 40.8 Å². The maximum atomic E-state index is 12.9. The number of hydrogen-bond acceptors (Lipinski definition) is 3. The highest BCUT2D eigenvalue weighted by atomic mass is 35.5. The fraction of sp³-hybridized carbons (Fsp3) is 0.381. The summed E-state index contributed by atoms with van der Waals surface area (Å²) in [4.78, 5) is 31.5. The van der Waals surface area contributed by atoms with Crippen molar-refractivity contribution < 1.29 is 9.59 Å². The summed E-state index contributed by atoms with van der Waals surface area (Å²) in [6, 6.07) is 11.1. The molecule has 0 bridgehead atoms. The van der Waals surface area contributed by atoms with E-state index in [0.29, 0.717) is 29.0 Å². The summed E-state index contributed by atoms with van der Waals surface area (Å²) in [6.45, 7) is 1.15. The zero-order chi connectivity index (χ0) is 19.7. The summed E-state index contributed by atoms with van der Waals surface area (Å²) in [7, 11) is 0. The van der Waals surface area contributed by atoms with Crippen LogP contribution in [-0.4, -0.2) is 34.8 Å². The molecule has 7 heteroatoms. The lowest BCUT2D eigenvalue weighted by Gasteiger charge is -2.32. The Morgan fingerprint density at radius 1 is 1.14 bits per heavy atom. The smallest absolute Gasteiger partial charge is 0.230 e. The van der Waals surface area contributed by atoms with Gasteiger partial charge in [0.15, 0.2) is 0 Å². The van der Waals surface area contributed by atoms with E-state index in [0.717, 1.165) is 24.8 Å². The number of piperidine rings is 1. The average Bonchev–Trinajstić information content (AvgIpc) is 3.50. The molecule has 5 nitrogen and oxygen atoms in total. The first-order valence-electron chi connectivity index (χ1n) is 9.48. The van der Waals surface area contributed by atoms with Crippen molar-refractivity contribution in [3.05, 3.63) is 58.2 Å². The Hall–Kier alpha value is -2.11. The Morgan fingerprint density at radius 2 is 1.96 bits per heavy atom. The lowest BCUT2D eigenvalue weighted by molar-refractivity contribution is -0.135. The monoisotopic (exact) mass is 417 g/mol. The molecule has 0 spiro atoms. The van der Waals surface area contributed by atoms with Crippen LogP contribution in [0.15, 0.2) is 42.6 Å². The molecule has 3 unspecified atom stereocenters. The number of carbonyl (C=O) groups is 2. The molecule has 2 heterocycles. The topological polar surface area (TPSA) is 62.3 Å². The van der Waals surface area contributed by atoms with Crippen LogP contribution in [0.5, 0.6) is 0 Å². The lowest BCUT2D eigenvalue weighted by Crippen LogP contribution is -2.44. The summed E-state index contributed by atoms with van der Waals surface area (Å²) in [5.74, 6) is 0.428. The maximum Gasteiger partial charge on any atom is 0.230 e. The third-order valence-electron chi connectivity index (χ3n) is 5.49. The first kappa shape index (κ1) is 19.2. The van der Waals surface area contributed by atoms with Gasteiger partial charge in [0, 0.05) is 30.2 Å². The highest BCUT2D eigenvalue weighted by molar-refractivity contribution is 6.31. The van der Waals surface area contributed by atoms with E-state index >= 15 is 0 Å². The molecule has 4 rings (SSSR count). The van der Waals surface area contributed by atoms with Gasteiger partial charge in [-0.2, -0.15) is 0 Å². The van der Waals surface area contributed by atoms with E-state index < -0.39 is 0 Å². The number of likely N-dealkylation sites (tertiary alicyclic amines) is 1. The highest BCUT2D eigenvalue weighted by Gasteiger charge is 2.47. The van der Waals surface area contributed by atoms with Gasteiger partial charge in [0.1, 0.15) is 5.82 Å². The largest absolute Gasteiger partial charge is 0.342 e. The molecule has 146 valence electrons. The van der Waals surface area contributed by atoms with Crippen molar-refractivity contribution in [1.82, 2.24) is 9.88 Å². The minimum Gasteiger partial charge on any atom is -0.342 e. The Kier molecular flexibility index (Phi) is 5.56. The van der Waals surface area contributed by atoms with E-state index in [-0.39, 0.29) is 29.6 Å². The predicted molar refractivity (Wildman–Crippen MR) is 109 cm³/mol. The quantitative estimate of drug-likeness (QED) is 0.802. The molecule has 0 radical (unpaired) electrons. The SMILES string of the molecule is O=C(Nc1ccc(Cl)cn1)C1CCCN(C(=O)C2CC2c2ccccc2Cl)C1. The standard InChI is InChI=1S/C21H21Cl2N3O2/c22-14-7-8-19(24-11-14)25-20(27)13-4-3-9-26(12-13)21(28)17-10-16(17)15-5-1-2-6-18(15)23/h1-2,5-8,11,13,16-17H,3-4,9-10,12H2,(H,24,25,27). The van der Waals surface area contributed by atoms with Gasteiger partial charge >= 0.3 is 0 Å². The number of aromatic nitrogens is 1. The van der Waals surface area contributed by atoms with Crippen LogP contribution in [0, 0.1) is 11.8 Å². The van der Waals surface area contributed by atoms with Gasteiger partial charge in [-0.3, -0.25) is 9.59 Å². The molecule has 2 aliphatic rings. The number of pyridine rings is 1. The number of rotatable bonds is 4. The number of amides is 2. The van der Waals surface area contributed by atoms with E-state index in [1.54, 1.807) is 12.1 Å². The molecule has 2 amide bonds. The van der Waals surface area contributed by atoms with Crippen LogP contribution in [0.1, 0.15) is 30.7 Å². The van der Waals surface area contributed by atoms with Crippen LogP contribution in [0.4, 0.5) is 5.82 Å². The van der Waals surface area contributed by atoms with Gasteiger partial charge in [-0.05, 0) is 48.9 Å². The van der Waals surface area contributed by atoms with Gasteiger partial charge in [0.25, 0.3) is 0 Å². The number of hydrogen-bond donors (Lipinski definition) is 1. The zero-order valence-electron chi connectivity index (χ0n) is 15.3. The second-order valence-electron chi connectivity index (χ2n) is 7.44. The van der Waals surface area contributed by atoms with Crippen molar-refractivity contribution in [3.63, 3.8) is 0 Å². The van der Waals surface area contributed by atoms with Gasteiger partial charge in [-0.25, -0.2) is 4.98 Å². The molecule has 1 saturated heterocycles. The summed E-state index contributed by atoms with van der Waals surface area (Å²) in [6.07, 6.45) is 3.91. The van der Waals surface area contributed by atoms with Crippen LogP contribution < -0.4 is 5.32 Å². The maximum absolute atomic E-state index is 12.9. The normalized spacial score (nSPS) is 23.9. The van der Waals surface area contributed by atoms with E-state index in [1.807, 2.05) is 29.2 Å². The molecule has 1 saturated carbocycles. The van der Waals surface area contributed by atoms with Crippen molar-refractivity contribution in [2.75, 3.05) is 18.4 Å². The molecular weight excluding hydrogens is 397 g/mol. The van der Waals surface area contributed by atoms with E-state index in [2.05, 4.69) is 10.3 Å². The van der Waals surface area contributed by atoms with E-state index in [4.69, 9.17) is 23.2 Å². The van der Waals surface area contributed by atoms with Crippen molar-refractivity contribution in [2.45, 2.75) is 25.2 Å². The number of nitrogens with zero attached hydrogens (tertiary/aromatic N) is 2. The van der Waals surface area contributed by atoms with Crippen LogP contribution in [0.25, 0.3) is 0 Å². The van der Waals surface area contributed by atoms with Crippen molar-refractivity contribution in [1.29, 1.82) is 0 Å². The summed E-state index contributed by atoms with van der Waals surface area (Å²) in [5, 5.41) is 4.06. The van der Waals surface area contributed by atoms with Crippen LogP contribution in [-0.2, 0) is 9.59 Å². The molecule has 1 aliphatic heterocycles. The van der Waals surface area contributed by atoms with Crippen LogP contribution >= 0.6 is 23.2 Å². The summed E-state index contributed by atoms with van der Waals surface area (Å²) < 4.78 is 0. The van der Waals surface area contributed by atoms with E-state index in [9.17, 15) is 9.59 Å². The first-order chi connectivity index (χ1) is 13.5. The second kappa shape index (κ2) is 8.10. The van der Waals surface area contributed by atoms with Crippen LogP contribution in [0.3, 0.4) is 0 Å². The van der Waals surface area contributed by atoms with Gasteiger partial charge < -0.3 is 10.2 Å². The number of benzene rings is 1. The first-order valence-corrected chi connectivity index (χ1v) is 10.2. The summed E-state index contributed by atoms with van der Waals surface area (Å²) >= 11 is 12.1. The fourth-order valence-corrected chi connectivity index (χ4v) is 4.28. The van der Waals surface area contributed by atoms with Crippen molar-refractivity contribution in [3.8, 4) is 0 Å². The Morgan fingerprint density at radius 3 is 2.71 bits per heavy atom.